The second-order valence-corrected chi connectivity index (χ2v) is 4.48. The maximum atomic E-state index is 13.3. The third-order valence-electron chi connectivity index (χ3n) is 2.75. The summed E-state index contributed by atoms with van der Waals surface area (Å²) in [6, 6.07) is 4.71. The molecular formula is C14H18FN3O. The Kier molecular flexibility index (Phi) is 4.63. The lowest BCUT2D eigenvalue weighted by Gasteiger charge is -1.99. The monoisotopic (exact) mass is 263 g/mol. The molecule has 1 N–H and O–H groups in total. The number of rotatable bonds is 6. The van der Waals surface area contributed by atoms with Crippen molar-refractivity contribution in [3.63, 3.8) is 0 Å². The van der Waals surface area contributed by atoms with Crippen molar-refractivity contribution in [3.05, 3.63) is 35.5 Å². The first kappa shape index (κ1) is 13.7. The van der Waals surface area contributed by atoms with Gasteiger partial charge in [-0.2, -0.15) is 0 Å². The number of nitrogens with one attached hydrogen (secondary N) is 1. The van der Waals surface area contributed by atoms with E-state index in [0.29, 0.717) is 17.3 Å². The first-order chi connectivity index (χ1) is 9.19. The molecule has 0 unspecified atom stereocenters. The van der Waals surface area contributed by atoms with Gasteiger partial charge in [0.25, 0.3) is 0 Å². The van der Waals surface area contributed by atoms with Crippen LogP contribution in [0.15, 0.2) is 22.6 Å². The summed E-state index contributed by atoms with van der Waals surface area (Å²) >= 11 is 0. The minimum atomic E-state index is -0.290. The summed E-state index contributed by atoms with van der Waals surface area (Å²) in [6.07, 6.45) is 1.67. The summed E-state index contributed by atoms with van der Waals surface area (Å²) in [5.74, 6) is 0.678. The van der Waals surface area contributed by atoms with Gasteiger partial charge in [0.05, 0.1) is 0 Å². The molecule has 2 rings (SSSR count). The van der Waals surface area contributed by atoms with Crippen molar-refractivity contribution >= 4 is 0 Å². The van der Waals surface area contributed by atoms with Crippen LogP contribution in [0.1, 0.15) is 24.8 Å². The summed E-state index contributed by atoms with van der Waals surface area (Å²) < 4.78 is 18.9. The third kappa shape index (κ3) is 3.86. The van der Waals surface area contributed by atoms with Gasteiger partial charge in [-0.1, -0.05) is 6.92 Å². The molecule has 0 radical (unpaired) electrons. The fourth-order valence-electron chi connectivity index (χ4n) is 1.87. The lowest BCUT2D eigenvalue weighted by atomic mass is 10.1. The van der Waals surface area contributed by atoms with E-state index < -0.39 is 0 Å². The van der Waals surface area contributed by atoms with Gasteiger partial charge in [-0.05, 0) is 50.2 Å². The van der Waals surface area contributed by atoms with Gasteiger partial charge < -0.3 is 9.73 Å². The molecule has 0 saturated carbocycles. The van der Waals surface area contributed by atoms with E-state index >= 15 is 0 Å². The van der Waals surface area contributed by atoms with Gasteiger partial charge >= 0.3 is 0 Å². The summed E-state index contributed by atoms with van der Waals surface area (Å²) in [6.45, 7) is 5.78. The first-order valence-corrected chi connectivity index (χ1v) is 6.49. The van der Waals surface area contributed by atoms with Gasteiger partial charge in [0.2, 0.25) is 11.8 Å². The molecule has 0 aliphatic heterocycles. The van der Waals surface area contributed by atoms with Crippen molar-refractivity contribution in [2.45, 2.75) is 26.7 Å². The van der Waals surface area contributed by atoms with Gasteiger partial charge in [-0.3, -0.25) is 0 Å². The molecule has 19 heavy (non-hydrogen) atoms. The fraction of sp³-hybridized carbons (Fsp3) is 0.429. The number of nitrogens with zero attached hydrogens (tertiary/aromatic N) is 2. The lowest BCUT2D eigenvalue weighted by molar-refractivity contribution is 0.492. The highest BCUT2D eigenvalue weighted by molar-refractivity contribution is 5.53. The lowest BCUT2D eigenvalue weighted by Crippen LogP contribution is -2.14. The summed E-state index contributed by atoms with van der Waals surface area (Å²) in [4.78, 5) is 0. The maximum Gasteiger partial charge on any atom is 0.247 e. The molecule has 0 fully saturated rings. The highest BCUT2D eigenvalue weighted by Crippen LogP contribution is 2.20. The van der Waals surface area contributed by atoms with E-state index in [-0.39, 0.29) is 5.82 Å². The summed E-state index contributed by atoms with van der Waals surface area (Å²) in [5.41, 5.74) is 1.46. The average Bonchev–Trinajstić information content (AvgIpc) is 2.82. The highest BCUT2D eigenvalue weighted by Gasteiger charge is 2.09. The molecule has 0 spiro atoms. The summed E-state index contributed by atoms with van der Waals surface area (Å²) in [7, 11) is 0. The van der Waals surface area contributed by atoms with Crippen molar-refractivity contribution in [2.24, 2.45) is 0 Å². The Hall–Kier alpha value is -1.75. The molecule has 2 aromatic rings. The molecule has 1 aromatic carbocycles. The summed E-state index contributed by atoms with van der Waals surface area (Å²) in [5, 5.41) is 11.2. The minimum absolute atomic E-state index is 0.290. The molecule has 0 bridgehead atoms. The van der Waals surface area contributed by atoms with Gasteiger partial charge in [0, 0.05) is 12.0 Å². The van der Waals surface area contributed by atoms with Crippen molar-refractivity contribution in [2.75, 3.05) is 13.1 Å². The molecule has 1 heterocycles. The Bertz CT molecular complexity index is 519. The quantitative estimate of drug-likeness (QED) is 0.814. The zero-order valence-electron chi connectivity index (χ0n) is 11.2. The van der Waals surface area contributed by atoms with Crippen LogP contribution in [0, 0.1) is 12.7 Å². The van der Waals surface area contributed by atoms with Crippen molar-refractivity contribution in [3.8, 4) is 11.5 Å². The van der Waals surface area contributed by atoms with Crippen LogP contribution in [0.25, 0.3) is 11.5 Å². The van der Waals surface area contributed by atoms with Crippen LogP contribution in [0.2, 0.25) is 0 Å². The van der Waals surface area contributed by atoms with E-state index in [1.807, 2.05) is 13.0 Å². The van der Waals surface area contributed by atoms with Crippen LogP contribution in [-0.2, 0) is 6.42 Å². The van der Waals surface area contributed by atoms with Crippen LogP contribution in [0.5, 0.6) is 0 Å². The van der Waals surface area contributed by atoms with Crippen molar-refractivity contribution in [1.82, 2.24) is 15.5 Å². The maximum absolute atomic E-state index is 13.3. The average molecular weight is 263 g/mol. The number of benzene rings is 1. The zero-order valence-corrected chi connectivity index (χ0v) is 11.2. The Morgan fingerprint density at radius 1 is 1.26 bits per heavy atom. The van der Waals surface area contributed by atoms with Crippen LogP contribution < -0.4 is 5.32 Å². The van der Waals surface area contributed by atoms with Crippen molar-refractivity contribution < 1.29 is 8.81 Å². The molecule has 4 nitrogen and oxygen atoms in total. The number of aryl methyl sites for hydroxylation is 2. The zero-order chi connectivity index (χ0) is 13.7. The number of aromatic nitrogens is 2. The predicted octanol–water partition coefficient (Wildman–Crippen LogP) is 2.73. The molecule has 5 heteroatoms. The van der Waals surface area contributed by atoms with E-state index in [9.17, 15) is 4.39 Å². The standard InChI is InChI=1S/C14H18FN3O/c1-3-16-6-4-5-13-17-18-14(19-13)11-7-10(2)8-12(15)9-11/h7-9,16H,3-6H2,1-2H3. The Morgan fingerprint density at radius 3 is 2.84 bits per heavy atom. The third-order valence-corrected chi connectivity index (χ3v) is 2.75. The van der Waals surface area contributed by atoms with Crippen LogP contribution in [0.4, 0.5) is 4.39 Å². The molecule has 0 amide bonds. The normalized spacial score (nSPS) is 10.9. The smallest absolute Gasteiger partial charge is 0.247 e. The number of hydrogen-bond acceptors (Lipinski definition) is 4. The predicted molar refractivity (Wildman–Crippen MR) is 71.3 cm³/mol. The number of hydrogen-bond donors (Lipinski definition) is 1. The fourth-order valence-corrected chi connectivity index (χ4v) is 1.87. The van der Waals surface area contributed by atoms with Gasteiger partial charge in [0.1, 0.15) is 5.82 Å². The van der Waals surface area contributed by atoms with Crippen molar-refractivity contribution in [1.29, 1.82) is 0 Å². The molecule has 0 saturated heterocycles. The second kappa shape index (κ2) is 6.43. The van der Waals surface area contributed by atoms with E-state index in [2.05, 4.69) is 22.4 Å². The Labute approximate surface area is 112 Å². The molecule has 0 aliphatic carbocycles. The second-order valence-electron chi connectivity index (χ2n) is 4.48. The van der Waals surface area contributed by atoms with Crippen LogP contribution in [-0.4, -0.2) is 23.3 Å². The Morgan fingerprint density at radius 2 is 2.11 bits per heavy atom. The minimum Gasteiger partial charge on any atom is -0.421 e. The molecule has 102 valence electrons. The topological polar surface area (TPSA) is 51.0 Å². The van der Waals surface area contributed by atoms with Gasteiger partial charge in [-0.25, -0.2) is 4.39 Å². The van der Waals surface area contributed by atoms with Gasteiger partial charge in [0.15, 0.2) is 0 Å². The molecular weight excluding hydrogens is 245 g/mol. The SMILES string of the molecule is CCNCCCc1nnc(-c2cc(C)cc(F)c2)o1. The van der Waals surface area contributed by atoms with E-state index in [1.165, 1.54) is 12.1 Å². The largest absolute Gasteiger partial charge is 0.421 e. The highest BCUT2D eigenvalue weighted by atomic mass is 19.1. The van der Waals surface area contributed by atoms with E-state index in [1.54, 1.807) is 0 Å². The molecule has 0 aliphatic rings. The van der Waals surface area contributed by atoms with E-state index in [0.717, 1.165) is 31.5 Å². The number of halogens is 1. The van der Waals surface area contributed by atoms with Gasteiger partial charge in [-0.15, -0.1) is 10.2 Å². The van der Waals surface area contributed by atoms with Crippen LogP contribution >= 0.6 is 0 Å². The van der Waals surface area contributed by atoms with E-state index in [4.69, 9.17) is 4.42 Å². The molecule has 1 aromatic heterocycles. The Balaban J connectivity index is 2.03. The molecule has 0 atom stereocenters. The van der Waals surface area contributed by atoms with Crippen LogP contribution in [0.3, 0.4) is 0 Å². The first-order valence-electron chi connectivity index (χ1n) is 6.49.